The number of rotatable bonds is 3. The Morgan fingerprint density at radius 3 is 2.27 bits per heavy atom. The minimum atomic E-state index is -5.40. The molecule has 1 aromatic carbocycles. The molecular weight excluding hydrogens is 328 g/mol. The first kappa shape index (κ1) is 21.9. The quantitative estimate of drug-likeness (QED) is 0.629. The van der Waals surface area contributed by atoms with Gasteiger partial charge in [-0.3, -0.25) is 0 Å². The van der Waals surface area contributed by atoms with Gasteiger partial charge in [-0.2, -0.15) is 0 Å². The molecule has 0 radical (unpaired) electrons. The molecule has 0 atom stereocenters. The van der Waals surface area contributed by atoms with Crippen molar-refractivity contribution in [1.82, 2.24) is 5.32 Å². The van der Waals surface area contributed by atoms with Crippen LogP contribution in [0.15, 0.2) is 12.1 Å². The smallest absolute Gasteiger partial charge is 0.445 e. The molecule has 0 saturated heterocycles. The van der Waals surface area contributed by atoms with Gasteiger partial charge < -0.3 is 23.0 Å². The normalized spacial score (nSPS) is 11.6. The first-order valence-corrected chi connectivity index (χ1v) is 6.36. The van der Waals surface area contributed by atoms with Gasteiger partial charge >= 0.3 is 64.5 Å². The summed E-state index contributed by atoms with van der Waals surface area (Å²) < 4.78 is 56.2. The molecule has 0 fully saturated rings. The van der Waals surface area contributed by atoms with E-state index in [1.165, 1.54) is 6.92 Å². The van der Waals surface area contributed by atoms with Crippen LogP contribution >= 0.6 is 0 Å². The van der Waals surface area contributed by atoms with E-state index in [0.29, 0.717) is 0 Å². The molecule has 0 saturated carbocycles. The maximum absolute atomic E-state index is 13.5. The number of halogens is 4. The molecule has 9 heteroatoms. The summed E-state index contributed by atoms with van der Waals surface area (Å²) in [5.41, 5.74) is -1.43. The third-order valence-electron chi connectivity index (χ3n) is 2.63. The van der Waals surface area contributed by atoms with Crippen molar-refractivity contribution in [3.8, 4) is 0 Å². The van der Waals surface area contributed by atoms with Gasteiger partial charge in [0.1, 0.15) is 5.60 Å². The maximum Gasteiger partial charge on any atom is 1.00 e. The average Bonchev–Trinajstić information content (AvgIpc) is 2.26. The molecule has 0 aliphatic heterocycles. The van der Waals surface area contributed by atoms with Crippen molar-refractivity contribution in [3.63, 3.8) is 0 Å². The van der Waals surface area contributed by atoms with Gasteiger partial charge in [0.05, 0.1) is 5.82 Å². The van der Waals surface area contributed by atoms with Crippen molar-refractivity contribution < 1.29 is 78.3 Å². The van der Waals surface area contributed by atoms with E-state index in [2.05, 4.69) is 5.32 Å². The van der Waals surface area contributed by atoms with Gasteiger partial charge in [0.2, 0.25) is 0 Å². The third kappa shape index (κ3) is 6.99. The number of alkyl carbamates (subject to hydrolysis) is 1. The molecule has 1 N–H and O–H groups in total. The molecule has 0 spiro atoms. The van der Waals surface area contributed by atoms with E-state index in [1.807, 2.05) is 0 Å². The van der Waals surface area contributed by atoms with Crippen LogP contribution < -0.4 is 62.2 Å². The summed E-state index contributed by atoms with van der Waals surface area (Å²) >= 11 is 0. The molecule has 0 aliphatic rings. The average molecular weight is 345 g/mol. The Bertz CT molecular complexity index is 544. The molecule has 0 aromatic heterocycles. The number of amides is 1. The van der Waals surface area contributed by atoms with Crippen LogP contribution in [0.1, 0.15) is 31.9 Å². The number of ether oxygens (including phenoxy) is 1. The Kier molecular flexibility index (Phi) is 8.11. The van der Waals surface area contributed by atoms with E-state index >= 15 is 0 Å². The number of carbonyl (C=O) groups is 1. The van der Waals surface area contributed by atoms with Gasteiger partial charge in [-0.25, -0.2) is 9.18 Å². The van der Waals surface area contributed by atoms with E-state index in [1.54, 1.807) is 20.8 Å². The first-order valence-electron chi connectivity index (χ1n) is 6.36. The van der Waals surface area contributed by atoms with Crippen molar-refractivity contribution in [2.75, 3.05) is 0 Å². The molecule has 3 nitrogen and oxygen atoms in total. The Labute approximate surface area is 169 Å². The Morgan fingerprint density at radius 1 is 1.27 bits per heavy atom. The molecule has 1 rings (SSSR count). The molecule has 118 valence electrons. The largest absolute Gasteiger partial charge is 1.00 e. The Hall–Kier alpha value is -0.0887. The number of nitrogens with one attached hydrogen (secondary N) is 1. The topological polar surface area (TPSA) is 38.3 Å². The third-order valence-corrected chi connectivity index (χ3v) is 2.63. The molecular formula is C13H17BF4KNO2. The van der Waals surface area contributed by atoms with Gasteiger partial charge in [-0.15, -0.1) is 0 Å². The standard InChI is InChI=1S/C13H17BF4NO2.K/c1-8-5-10(14(16,17)18)11(15)6-9(8)7-19-12(20)21-13(2,3)4;/h5-6H,7H2,1-4H3,(H,19,20);/q-1;+1. The molecule has 0 bridgehead atoms. The Morgan fingerprint density at radius 2 is 1.82 bits per heavy atom. The number of hydrogen-bond donors (Lipinski definition) is 1. The van der Waals surface area contributed by atoms with Crippen molar-refractivity contribution in [2.45, 2.75) is 39.8 Å². The zero-order valence-electron chi connectivity index (χ0n) is 13.3. The summed E-state index contributed by atoms with van der Waals surface area (Å²) in [6.45, 7) is 0.957. The van der Waals surface area contributed by atoms with Crippen molar-refractivity contribution in [1.29, 1.82) is 0 Å². The molecule has 22 heavy (non-hydrogen) atoms. The molecule has 0 aliphatic carbocycles. The Balaban J connectivity index is 0.00000441. The second-order valence-corrected chi connectivity index (χ2v) is 5.73. The van der Waals surface area contributed by atoms with Gasteiger partial charge in [0.25, 0.3) is 0 Å². The van der Waals surface area contributed by atoms with Crippen LogP contribution in [0, 0.1) is 12.7 Å². The van der Waals surface area contributed by atoms with E-state index in [0.717, 1.165) is 12.1 Å². The van der Waals surface area contributed by atoms with Gasteiger partial charge in [-0.1, -0.05) is 11.5 Å². The first-order chi connectivity index (χ1) is 9.40. The fourth-order valence-corrected chi connectivity index (χ4v) is 1.67. The monoisotopic (exact) mass is 345 g/mol. The summed E-state index contributed by atoms with van der Waals surface area (Å²) in [6, 6.07) is 1.54. The molecule has 0 heterocycles. The minimum Gasteiger partial charge on any atom is -0.445 e. The minimum absolute atomic E-state index is 0. The van der Waals surface area contributed by atoms with Crippen molar-refractivity contribution in [3.05, 3.63) is 29.1 Å². The fourth-order valence-electron chi connectivity index (χ4n) is 1.67. The summed E-state index contributed by atoms with van der Waals surface area (Å²) in [6.07, 6.45) is -0.716. The van der Waals surface area contributed by atoms with Crippen LogP contribution in [-0.2, 0) is 11.3 Å². The van der Waals surface area contributed by atoms with E-state index in [-0.39, 0.29) is 69.1 Å². The van der Waals surface area contributed by atoms with Crippen LogP contribution in [0.4, 0.5) is 22.1 Å². The predicted octanol–water partition coefficient (Wildman–Crippen LogP) is 0.217. The number of hydrogen-bond acceptors (Lipinski definition) is 2. The summed E-state index contributed by atoms with van der Waals surface area (Å²) in [4.78, 5) is 11.5. The van der Waals surface area contributed by atoms with Crippen LogP contribution in [0.5, 0.6) is 0 Å². The van der Waals surface area contributed by atoms with Crippen LogP contribution in [0.3, 0.4) is 0 Å². The zero-order chi connectivity index (χ0) is 16.4. The predicted molar refractivity (Wildman–Crippen MR) is 72.9 cm³/mol. The van der Waals surface area contributed by atoms with Crippen molar-refractivity contribution in [2.24, 2.45) is 0 Å². The zero-order valence-corrected chi connectivity index (χ0v) is 16.4. The van der Waals surface area contributed by atoms with Crippen LogP contribution in [0.25, 0.3) is 0 Å². The molecule has 0 unspecified atom stereocenters. The van der Waals surface area contributed by atoms with E-state index in [9.17, 15) is 22.1 Å². The summed E-state index contributed by atoms with van der Waals surface area (Å²) in [7, 11) is 0. The maximum atomic E-state index is 13.5. The number of carbonyl (C=O) groups excluding carboxylic acids is 1. The van der Waals surface area contributed by atoms with E-state index in [4.69, 9.17) is 4.74 Å². The van der Waals surface area contributed by atoms with Gasteiger partial charge in [0.15, 0.2) is 0 Å². The summed E-state index contributed by atoms with van der Waals surface area (Å²) in [5.74, 6) is -1.34. The van der Waals surface area contributed by atoms with Crippen LogP contribution in [0.2, 0.25) is 0 Å². The second kappa shape index (κ2) is 8.14. The van der Waals surface area contributed by atoms with E-state index < -0.39 is 30.0 Å². The molecule has 1 amide bonds. The fraction of sp³-hybridized carbons (Fsp3) is 0.462. The number of aryl methyl sites for hydroxylation is 1. The van der Waals surface area contributed by atoms with Gasteiger partial charge in [0, 0.05) is 6.54 Å². The van der Waals surface area contributed by atoms with Gasteiger partial charge in [-0.05, 0) is 44.9 Å². The number of benzene rings is 1. The molecule has 1 aromatic rings. The van der Waals surface area contributed by atoms with Crippen LogP contribution in [-0.4, -0.2) is 18.7 Å². The summed E-state index contributed by atoms with van der Waals surface area (Å²) in [5, 5.41) is 2.38. The van der Waals surface area contributed by atoms with Crippen molar-refractivity contribution >= 4 is 18.5 Å². The second-order valence-electron chi connectivity index (χ2n) is 5.73. The SMILES string of the molecule is Cc1cc([B-](F)(F)F)c(F)cc1CNC(=O)OC(C)(C)C.[K+].